The molecule has 1 fully saturated rings. The molecule has 0 saturated carbocycles. The van der Waals surface area contributed by atoms with Crippen molar-refractivity contribution in [3.63, 3.8) is 0 Å². The summed E-state index contributed by atoms with van der Waals surface area (Å²) in [4.78, 5) is 24.3. The molecule has 2 amide bonds. The van der Waals surface area contributed by atoms with Crippen molar-refractivity contribution >= 4 is 17.5 Å². The number of rotatable bonds is 6. The third-order valence-electron chi connectivity index (χ3n) is 4.25. The Bertz CT molecular complexity index is 750. The Morgan fingerprint density at radius 3 is 2.46 bits per heavy atom. The van der Waals surface area contributed by atoms with E-state index < -0.39 is 0 Å². The van der Waals surface area contributed by atoms with Crippen molar-refractivity contribution in [1.82, 2.24) is 5.32 Å². The lowest BCUT2D eigenvalue weighted by atomic mass is 10.1. The predicted octanol–water partition coefficient (Wildman–Crippen LogP) is 2.74. The molecule has 0 radical (unpaired) electrons. The monoisotopic (exact) mass is 354 g/mol. The average molecular weight is 354 g/mol. The van der Waals surface area contributed by atoms with Gasteiger partial charge in [0.25, 0.3) is 11.8 Å². The Labute approximate surface area is 152 Å². The highest BCUT2D eigenvalue weighted by Gasteiger charge is 2.23. The Kier molecular flexibility index (Phi) is 5.86. The van der Waals surface area contributed by atoms with Gasteiger partial charge in [0.15, 0.2) is 0 Å². The van der Waals surface area contributed by atoms with Gasteiger partial charge in [0.05, 0.1) is 7.11 Å². The van der Waals surface area contributed by atoms with Crippen LogP contribution in [-0.2, 0) is 16.1 Å². The minimum Gasteiger partial charge on any atom is -0.497 e. The first-order valence-electron chi connectivity index (χ1n) is 8.59. The molecule has 6 heteroatoms. The van der Waals surface area contributed by atoms with E-state index in [-0.39, 0.29) is 17.9 Å². The quantitative estimate of drug-likeness (QED) is 0.836. The molecule has 2 aromatic carbocycles. The second-order valence-corrected chi connectivity index (χ2v) is 6.10. The largest absolute Gasteiger partial charge is 0.497 e. The van der Waals surface area contributed by atoms with Crippen molar-refractivity contribution in [2.24, 2.45) is 0 Å². The molecule has 2 N–H and O–H groups in total. The van der Waals surface area contributed by atoms with Crippen LogP contribution in [0.15, 0.2) is 48.5 Å². The van der Waals surface area contributed by atoms with Crippen LogP contribution in [0.3, 0.4) is 0 Å². The molecule has 2 aromatic rings. The molecule has 0 aromatic heterocycles. The zero-order valence-electron chi connectivity index (χ0n) is 14.7. The van der Waals surface area contributed by atoms with Crippen LogP contribution in [0.4, 0.5) is 5.69 Å². The predicted molar refractivity (Wildman–Crippen MR) is 98.2 cm³/mol. The Morgan fingerprint density at radius 1 is 1.12 bits per heavy atom. The molecule has 0 aliphatic carbocycles. The van der Waals surface area contributed by atoms with E-state index in [9.17, 15) is 9.59 Å². The third kappa shape index (κ3) is 4.61. The van der Waals surface area contributed by atoms with E-state index in [1.165, 1.54) is 0 Å². The zero-order valence-corrected chi connectivity index (χ0v) is 14.7. The summed E-state index contributed by atoms with van der Waals surface area (Å²) < 4.78 is 10.5. The van der Waals surface area contributed by atoms with Crippen LogP contribution in [0.1, 0.15) is 28.8 Å². The second kappa shape index (κ2) is 8.49. The Balaban J connectivity index is 1.52. The number of benzene rings is 2. The molecule has 3 rings (SSSR count). The first-order chi connectivity index (χ1) is 12.7. The van der Waals surface area contributed by atoms with Gasteiger partial charge >= 0.3 is 0 Å². The van der Waals surface area contributed by atoms with Gasteiger partial charge in [-0.05, 0) is 54.8 Å². The van der Waals surface area contributed by atoms with E-state index in [1.54, 1.807) is 31.4 Å². The average Bonchev–Trinajstić information content (AvgIpc) is 3.22. The molecular weight excluding hydrogens is 332 g/mol. The minimum atomic E-state index is -0.373. The van der Waals surface area contributed by atoms with Gasteiger partial charge in [-0.1, -0.05) is 12.1 Å². The third-order valence-corrected chi connectivity index (χ3v) is 4.25. The van der Waals surface area contributed by atoms with Crippen molar-refractivity contribution in [1.29, 1.82) is 0 Å². The highest BCUT2D eigenvalue weighted by Crippen LogP contribution is 2.16. The summed E-state index contributed by atoms with van der Waals surface area (Å²) in [7, 11) is 1.61. The van der Waals surface area contributed by atoms with Gasteiger partial charge in [-0.3, -0.25) is 9.59 Å². The highest BCUT2D eigenvalue weighted by molar-refractivity contribution is 5.96. The van der Waals surface area contributed by atoms with Crippen LogP contribution in [-0.4, -0.2) is 31.6 Å². The van der Waals surface area contributed by atoms with E-state index in [0.29, 0.717) is 24.4 Å². The van der Waals surface area contributed by atoms with E-state index >= 15 is 0 Å². The molecule has 1 saturated heterocycles. The number of nitrogens with one attached hydrogen (secondary N) is 2. The van der Waals surface area contributed by atoms with Crippen molar-refractivity contribution in [3.05, 3.63) is 59.7 Å². The molecule has 0 unspecified atom stereocenters. The number of carbonyl (C=O) groups excluding carboxylic acids is 2. The van der Waals surface area contributed by atoms with Gasteiger partial charge in [-0.15, -0.1) is 0 Å². The summed E-state index contributed by atoms with van der Waals surface area (Å²) >= 11 is 0. The summed E-state index contributed by atoms with van der Waals surface area (Å²) in [5.41, 5.74) is 2.17. The van der Waals surface area contributed by atoms with Gasteiger partial charge in [0.2, 0.25) is 0 Å². The molecule has 26 heavy (non-hydrogen) atoms. The first kappa shape index (κ1) is 17.9. The summed E-state index contributed by atoms with van der Waals surface area (Å²) in [6, 6.07) is 14.3. The molecule has 1 atom stereocenters. The van der Waals surface area contributed by atoms with E-state index in [2.05, 4.69) is 10.6 Å². The number of ether oxygens (including phenoxy) is 2. The van der Waals surface area contributed by atoms with Gasteiger partial charge in [-0.2, -0.15) is 0 Å². The number of carbonyl (C=O) groups is 2. The molecule has 0 spiro atoms. The molecule has 1 aliphatic rings. The zero-order chi connectivity index (χ0) is 18.4. The number of amides is 2. The first-order valence-corrected chi connectivity index (χ1v) is 8.59. The fourth-order valence-corrected chi connectivity index (χ4v) is 2.74. The summed E-state index contributed by atoms with van der Waals surface area (Å²) in [5.74, 6) is 0.470. The van der Waals surface area contributed by atoms with Crippen LogP contribution in [0, 0.1) is 0 Å². The van der Waals surface area contributed by atoms with E-state index in [0.717, 1.165) is 24.2 Å². The van der Waals surface area contributed by atoms with Crippen LogP contribution < -0.4 is 15.4 Å². The van der Waals surface area contributed by atoms with Crippen LogP contribution in [0.5, 0.6) is 5.75 Å². The molecule has 1 aliphatic heterocycles. The van der Waals surface area contributed by atoms with Crippen molar-refractivity contribution < 1.29 is 19.1 Å². The second-order valence-electron chi connectivity index (χ2n) is 6.10. The summed E-state index contributed by atoms with van der Waals surface area (Å²) in [5, 5.41) is 5.68. The van der Waals surface area contributed by atoms with Gasteiger partial charge in [-0.25, -0.2) is 0 Å². The van der Waals surface area contributed by atoms with Crippen molar-refractivity contribution in [2.45, 2.75) is 25.5 Å². The van der Waals surface area contributed by atoms with Gasteiger partial charge in [0.1, 0.15) is 11.9 Å². The fraction of sp³-hybridized carbons (Fsp3) is 0.300. The highest BCUT2D eigenvalue weighted by atomic mass is 16.5. The van der Waals surface area contributed by atoms with Crippen molar-refractivity contribution in [2.75, 3.05) is 19.0 Å². The van der Waals surface area contributed by atoms with Crippen LogP contribution in [0.25, 0.3) is 0 Å². The van der Waals surface area contributed by atoms with E-state index in [4.69, 9.17) is 9.47 Å². The van der Waals surface area contributed by atoms with Crippen LogP contribution in [0.2, 0.25) is 0 Å². The van der Waals surface area contributed by atoms with Gasteiger partial charge < -0.3 is 20.1 Å². The Morgan fingerprint density at radius 2 is 1.85 bits per heavy atom. The molecule has 6 nitrogen and oxygen atoms in total. The number of hydrogen-bond donors (Lipinski definition) is 2. The lowest BCUT2D eigenvalue weighted by Gasteiger charge is -2.11. The SMILES string of the molecule is COc1ccc(CNC(=O)c2ccc(NC(=O)[C@@H]3CCCO3)cc2)cc1. The fourth-order valence-electron chi connectivity index (χ4n) is 2.74. The molecular formula is C20H22N2O4. The maximum absolute atomic E-state index is 12.2. The number of anilines is 1. The molecule has 0 bridgehead atoms. The lowest BCUT2D eigenvalue weighted by Crippen LogP contribution is -2.27. The summed E-state index contributed by atoms with van der Waals surface area (Å²) in [6.07, 6.45) is 1.28. The minimum absolute atomic E-state index is 0.140. The number of hydrogen-bond acceptors (Lipinski definition) is 4. The molecule has 1 heterocycles. The normalized spacial score (nSPS) is 16.1. The number of methoxy groups -OCH3 is 1. The Hall–Kier alpha value is -2.86. The van der Waals surface area contributed by atoms with Crippen molar-refractivity contribution in [3.8, 4) is 5.75 Å². The topological polar surface area (TPSA) is 76.7 Å². The molecule has 136 valence electrons. The lowest BCUT2D eigenvalue weighted by molar-refractivity contribution is -0.124. The van der Waals surface area contributed by atoms with Gasteiger partial charge in [0, 0.05) is 24.4 Å². The summed E-state index contributed by atoms with van der Waals surface area (Å²) in [6.45, 7) is 1.06. The standard InChI is InChI=1S/C20H22N2O4/c1-25-17-10-4-14(5-11-17)13-21-19(23)15-6-8-16(9-7-15)22-20(24)18-3-2-12-26-18/h4-11,18H,2-3,12-13H2,1H3,(H,21,23)(H,22,24)/t18-/m0/s1. The maximum atomic E-state index is 12.2. The van der Waals surface area contributed by atoms with Crippen LogP contribution >= 0.6 is 0 Å². The smallest absolute Gasteiger partial charge is 0.253 e. The maximum Gasteiger partial charge on any atom is 0.253 e. The van der Waals surface area contributed by atoms with E-state index in [1.807, 2.05) is 24.3 Å².